The number of esters is 1. The van der Waals surface area contributed by atoms with Gasteiger partial charge in [-0.3, -0.25) is 15.0 Å². The first-order valence-corrected chi connectivity index (χ1v) is 12.4. The summed E-state index contributed by atoms with van der Waals surface area (Å²) in [6.45, 7) is 3.91. The summed E-state index contributed by atoms with van der Waals surface area (Å²) in [5.41, 5.74) is 0.650. The molecule has 2 saturated heterocycles. The Morgan fingerprint density at radius 2 is 2.03 bits per heavy atom. The Morgan fingerprint density at radius 1 is 1.26 bits per heavy atom. The number of likely N-dealkylation sites (tertiary alicyclic amines) is 1. The van der Waals surface area contributed by atoms with Crippen LogP contribution in [0.1, 0.15) is 32.6 Å². The SMILES string of the molecule is COC(=O)C(NCN1CCC2(CC2)C(O)C1)N1CC(C)N(C(=O)Nc2cccc(Cl)c2)CCC1=O. The van der Waals surface area contributed by atoms with Gasteiger partial charge >= 0.3 is 12.0 Å². The summed E-state index contributed by atoms with van der Waals surface area (Å²) < 4.78 is 4.99. The molecule has 3 aliphatic rings. The fourth-order valence-corrected chi connectivity index (χ4v) is 5.18. The van der Waals surface area contributed by atoms with E-state index in [1.165, 1.54) is 12.0 Å². The second-order valence-corrected chi connectivity index (χ2v) is 10.2. The average molecular weight is 508 g/mol. The summed E-state index contributed by atoms with van der Waals surface area (Å²) in [5.74, 6) is -0.813. The number of hydrogen-bond acceptors (Lipinski definition) is 7. The van der Waals surface area contributed by atoms with Crippen LogP contribution in [-0.4, -0.2) is 96.0 Å². The molecule has 2 aliphatic heterocycles. The van der Waals surface area contributed by atoms with Crippen molar-refractivity contribution < 1.29 is 24.2 Å². The molecule has 1 aromatic rings. The minimum atomic E-state index is -0.986. The predicted molar refractivity (Wildman–Crippen MR) is 131 cm³/mol. The fraction of sp³-hybridized carbons (Fsp3) is 0.625. The molecule has 10 nitrogen and oxygen atoms in total. The van der Waals surface area contributed by atoms with Crippen molar-refractivity contribution in [2.45, 2.75) is 50.9 Å². The molecular weight excluding hydrogens is 474 g/mol. The number of aliphatic hydroxyl groups excluding tert-OH is 1. The lowest BCUT2D eigenvalue weighted by molar-refractivity contribution is -0.155. The zero-order valence-corrected chi connectivity index (χ0v) is 21.0. The quantitative estimate of drug-likeness (QED) is 0.502. The lowest BCUT2D eigenvalue weighted by atomic mass is 9.91. The third kappa shape index (κ3) is 5.88. The van der Waals surface area contributed by atoms with Crippen LogP contribution in [0.15, 0.2) is 24.3 Å². The van der Waals surface area contributed by atoms with Crippen molar-refractivity contribution in [1.29, 1.82) is 0 Å². The van der Waals surface area contributed by atoms with Gasteiger partial charge in [0.1, 0.15) is 0 Å². The van der Waals surface area contributed by atoms with Crippen molar-refractivity contribution in [2.24, 2.45) is 5.41 Å². The molecule has 2 heterocycles. The van der Waals surface area contributed by atoms with E-state index in [1.807, 2.05) is 6.92 Å². The maximum atomic E-state index is 13.0. The molecule has 3 N–H and O–H groups in total. The third-order valence-corrected chi connectivity index (χ3v) is 7.65. The first-order valence-electron chi connectivity index (χ1n) is 12.1. The van der Waals surface area contributed by atoms with E-state index in [0.29, 0.717) is 23.9 Å². The maximum absolute atomic E-state index is 13.0. The number of nitrogens with zero attached hydrogens (tertiary/aromatic N) is 3. The summed E-state index contributed by atoms with van der Waals surface area (Å²) in [5, 5.41) is 17.0. The average Bonchev–Trinajstić information content (AvgIpc) is 3.62. The second-order valence-electron chi connectivity index (χ2n) is 9.77. The third-order valence-electron chi connectivity index (χ3n) is 7.42. The lowest BCUT2D eigenvalue weighted by Crippen LogP contribution is -2.59. The molecule has 11 heteroatoms. The van der Waals surface area contributed by atoms with E-state index in [0.717, 1.165) is 25.8 Å². The molecule has 3 atom stereocenters. The van der Waals surface area contributed by atoms with E-state index < -0.39 is 12.1 Å². The van der Waals surface area contributed by atoms with Crippen LogP contribution in [0, 0.1) is 5.41 Å². The van der Waals surface area contributed by atoms with Crippen LogP contribution in [-0.2, 0) is 14.3 Å². The molecular formula is C24H34ClN5O5. The highest BCUT2D eigenvalue weighted by atomic mass is 35.5. The van der Waals surface area contributed by atoms with Crippen LogP contribution in [0.5, 0.6) is 0 Å². The largest absolute Gasteiger partial charge is 0.466 e. The number of β-amino-alcohol motifs (C(OH)–C–C–N with tert-alkyl or cyclic N) is 1. The molecule has 3 fully saturated rings. The van der Waals surface area contributed by atoms with Gasteiger partial charge in [-0.2, -0.15) is 0 Å². The zero-order valence-electron chi connectivity index (χ0n) is 20.2. The molecule has 1 spiro atoms. The fourth-order valence-electron chi connectivity index (χ4n) is 4.99. The molecule has 3 amide bonds. The molecule has 1 saturated carbocycles. The van der Waals surface area contributed by atoms with Gasteiger partial charge in [-0.25, -0.2) is 9.59 Å². The van der Waals surface area contributed by atoms with Crippen molar-refractivity contribution in [3.8, 4) is 0 Å². The van der Waals surface area contributed by atoms with E-state index in [2.05, 4.69) is 15.5 Å². The molecule has 0 aromatic heterocycles. The number of hydrogen-bond donors (Lipinski definition) is 3. The van der Waals surface area contributed by atoms with Crippen LogP contribution in [0.25, 0.3) is 0 Å². The molecule has 0 bridgehead atoms. The van der Waals surface area contributed by atoms with Gasteiger partial charge < -0.3 is 25.0 Å². The van der Waals surface area contributed by atoms with Gasteiger partial charge in [-0.15, -0.1) is 0 Å². The topological polar surface area (TPSA) is 114 Å². The number of carbonyl (C=O) groups is 3. The maximum Gasteiger partial charge on any atom is 0.343 e. The number of methoxy groups -OCH3 is 1. The second kappa shape index (κ2) is 10.7. The van der Waals surface area contributed by atoms with Crippen LogP contribution in [0.2, 0.25) is 5.02 Å². The van der Waals surface area contributed by atoms with E-state index in [-0.39, 0.29) is 49.0 Å². The normalized spacial score (nSPS) is 25.2. The Labute approximate surface area is 210 Å². The molecule has 3 unspecified atom stereocenters. The molecule has 35 heavy (non-hydrogen) atoms. The van der Waals surface area contributed by atoms with Crippen LogP contribution in [0.4, 0.5) is 10.5 Å². The van der Waals surface area contributed by atoms with Crippen molar-refractivity contribution in [1.82, 2.24) is 20.0 Å². The molecule has 0 radical (unpaired) electrons. The van der Waals surface area contributed by atoms with Crippen molar-refractivity contribution >= 4 is 35.2 Å². The highest BCUT2D eigenvalue weighted by molar-refractivity contribution is 6.30. The van der Waals surface area contributed by atoms with E-state index in [1.54, 1.807) is 29.2 Å². The summed E-state index contributed by atoms with van der Waals surface area (Å²) in [6.07, 6.45) is 1.78. The van der Waals surface area contributed by atoms with Crippen LogP contribution in [0.3, 0.4) is 0 Å². The van der Waals surface area contributed by atoms with Crippen molar-refractivity contribution in [2.75, 3.05) is 45.3 Å². The molecule has 1 aliphatic carbocycles. The molecule has 4 rings (SSSR count). The standard InChI is InChI=1S/C24H34ClN5O5/c1-16-13-30(20(32)6-10-29(16)23(34)27-18-5-3-4-17(25)12-18)21(22(33)35-2)26-15-28-11-9-24(7-8-24)19(31)14-28/h3-5,12,16,19,21,26,31H,6-11,13-15H2,1-2H3,(H,27,34). The molecule has 1 aromatic carbocycles. The number of halogens is 1. The lowest BCUT2D eigenvalue weighted by Gasteiger charge is -2.38. The van der Waals surface area contributed by atoms with E-state index in [9.17, 15) is 19.5 Å². The number of rotatable bonds is 6. The van der Waals surface area contributed by atoms with Gasteiger partial charge in [0.2, 0.25) is 5.91 Å². The monoisotopic (exact) mass is 507 g/mol. The number of aliphatic hydroxyl groups is 1. The van der Waals surface area contributed by atoms with Crippen molar-refractivity contribution in [3.05, 3.63) is 29.3 Å². The van der Waals surface area contributed by atoms with Gasteiger partial charge in [0.05, 0.1) is 19.9 Å². The van der Waals surface area contributed by atoms with E-state index in [4.69, 9.17) is 16.3 Å². The predicted octanol–water partition coefficient (Wildman–Crippen LogP) is 1.69. The number of urea groups is 1. The van der Waals surface area contributed by atoms with Crippen molar-refractivity contribution in [3.63, 3.8) is 0 Å². The van der Waals surface area contributed by atoms with Gasteiger partial charge in [-0.05, 0) is 49.8 Å². The summed E-state index contributed by atoms with van der Waals surface area (Å²) in [6, 6.07) is 6.17. The first-order chi connectivity index (χ1) is 16.7. The number of nitrogens with one attached hydrogen (secondary N) is 2. The zero-order chi connectivity index (χ0) is 25.2. The summed E-state index contributed by atoms with van der Waals surface area (Å²) in [4.78, 5) is 43.7. The van der Waals surface area contributed by atoms with Crippen LogP contribution >= 0.6 is 11.6 Å². The van der Waals surface area contributed by atoms with Gasteiger partial charge in [-0.1, -0.05) is 17.7 Å². The number of amides is 3. The highest BCUT2D eigenvalue weighted by Crippen LogP contribution is 2.53. The smallest absolute Gasteiger partial charge is 0.343 e. The minimum absolute atomic E-state index is 0.0768. The van der Waals surface area contributed by atoms with E-state index >= 15 is 0 Å². The Balaban J connectivity index is 1.39. The molecule has 192 valence electrons. The summed E-state index contributed by atoms with van der Waals surface area (Å²) in [7, 11) is 1.29. The first kappa shape index (κ1) is 25.7. The number of anilines is 1. The van der Waals surface area contributed by atoms with Gasteiger partial charge in [0, 0.05) is 49.4 Å². The number of piperidine rings is 1. The highest BCUT2D eigenvalue weighted by Gasteiger charge is 2.51. The Hall–Kier alpha value is -2.40. The van der Waals surface area contributed by atoms with Gasteiger partial charge in [0.25, 0.3) is 0 Å². The summed E-state index contributed by atoms with van der Waals surface area (Å²) >= 11 is 6.01. The Bertz CT molecular complexity index is 958. The number of benzene rings is 1. The minimum Gasteiger partial charge on any atom is -0.466 e. The Morgan fingerprint density at radius 3 is 2.69 bits per heavy atom. The van der Waals surface area contributed by atoms with Crippen LogP contribution < -0.4 is 10.6 Å². The number of carbonyl (C=O) groups excluding carboxylic acids is 3. The van der Waals surface area contributed by atoms with Gasteiger partial charge in [0.15, 0.2) is 6.17 Å². The Kier molecular flexibility index (Phi) is 7.85. The number of ether oxygens (including phenoxy) is 1.